The Hall–Kier alpha value is -2.83. The minimum atomic E-state index is -3.51. The molecule has 7 heteroatoms. The van der Waals surface area contributed by atoms with Crippen molar-refractivity contribution in [1.82, 2.24) is 5.32 Å². The predicted molar refractivity (Wildman–Crippen MR) is 121 cm³/mol. The zero-order chi connectivity index (χ0) is 21.7. The van der Waals surface area contributed by atoms with Crippen LogP contribution in [0.4, 0.5) is 5.69 Å². The number of sulfonamides is 1. The Labute approximate surface area is 182 Å². The first-order valence-corrected chi connectivity index (χ1v) is 11.6. The average molecular weight is 443 g/mol. The summed E-state index contributed by atoms with van der Waals surface area (Å²) >= 11 is 6.02. The van der Waals surface area contributed by atoms with Crippen LogP contribution in [-0.2, 0) is 23.1 Å². The number of nitrogens with one attached hydrogen (secondary N) is 1. The number of carbonyl (C=O) groups excluding carboxylic acids is 1. The van der Waals surface area contributed by atoms with Crippen LogP contribution in [0.5, 0.6) is 0 Å². The highest BCUT2D eigenvalue weighted by molar-refractivity contribution is 7.92. The van der Waals surface area contributed by atoms with Gasteiger partial charge in [0.1, 0.15) is 0 Å². The topological polar surface area (TPSA) is 66.5 Å². The van der Waals surface area contributed by atoms with Gasteiger partial charge < -0.3 is 5.32 Å². The van der Waals surface area contributed by atoms with Crippen molar-refractivity contribution in [1.29, 1.82) is 0 Å². The Morgan fingerprint density at radius 2 is 1.70 bits per heavy atom. The largest absolute Gasteiger partial charge is 0.348 e. The number of benzene rings is 3. The number of anilines is 1. The molecule has 3 rings (SSSR count). The van der Waals surface area contributed by atoms with Crippen molar-refractivity contribution in [3.05, 3.63) is 100 Å². The molecule has 0 saturated heterocycles. The second-order valence-electron chi connectivity index (χ2n) is 7.06. The van der Waals surface area contributed by atoms with Gasteiger partial charge in [-0.05, 0) is 53.9 Å². The van der Waals surface area contributed by atoms with Gasteiger partial charge in [0.05, 0.1) is 18.5 Å². The fraction of sp³-hybridized carbons (Fsp3) is 0.174. The fourth-order valence-corrected chi connectivity index (χ4v) is 4.11. The van der Waals surface area contributed by atoms with E-state index in [1.54, 1.807) is 48.5 Å². The van der Waals surface area contributed by atoms with Gasteiger partial charge in [-0.25, -0.2) is 8.42 Å². The number of carbonyl (C=O) groups is 1. The molecular weight excluding hydrogens is 420 g/mol. The first-order chi connectivity index (χ1) is 14.2. The fourth-order valence-electron chi connectivity index (χ4n) is 3.04. The molecule has 5 nitrogen and oxygen atoms in total. The molecule has 0 bridgehead atoms. The Morgan fingerprint density at radius 1 is 1.00 bits per heavy atom. The Balaban J connectivity index is 1.71. The summed E-state index contributed by atoms with van der Waals surface area (Å²) in [6.45, 7) is 2.60. The number of aryl methyl sites for hydroxylation is 1. The van der Waals surface area contributed by atoms with Crippen LogP contribution in [-0.4, -0.2) is 20.6 Å². The molecular formula is C23H23ClN2O3S. The standard InChI is InChI=1S/C23H23ClN2O3S/c1-17-6-3-4-7-20(17)15-25-23(27)19-12-10-18(11-13-19)16-26(30(2,28)29)22-9-5-8-21(24)14-22/h3-14H,15-16H2,1-2H3,(H,25,27). The first kappa shape index (κ1) is 21.9. The van der Waals surface area contributed by atoms with Gasteiger partial charge in [-0.3, -0.25) is 9.10 Å². The molecule has 1 amide bonds. The molecule has 0 spiro atoms. The molecule has 0 aliphatic rings. The molecule has 0 heterocycles. The number of amides is 1. The lowest BCUT2D eigenvalue weighted by Gasteiger charge is -2.22. The summed E-state index contributed by atoms with van der Waals surface area (Å²) in [5, 5.41) is 3.37. The van der Waals surface area contributed by atoms with E-state index in [4.69, 9.17) is 11.6 Å². The van der Waals surface area contributed by atoms with Gasteiger partial charge in [-0.15, -0.1) is 0 Å². The maximum absolute atomic E-state index is 12.4. The van der Waals surface area contributed by atoms with Crippen LogP contribution >= 0.6 is 11.6 Å². The zero-order valence-electron chi connectivity index (χ0n) is 16.8. The summed E-state index contributed by atoms with van der Waals surface area (Å²) in [5.74, 6) is -0.181. The summed E-state index contributed by atoms with van der Waals surface area (Å²) < 4.78 is 25.9. The molecule has 0 aliphatic heterocycles. The normalized spacial score (nSPS) is 11.2. The van der Waals surface area contributed by atoms with E-state index < -0.39 is 10.0 Å². The minimum Gasteiger partial charge on any atom is -0.348 e. The lowest BCUT2D eigenvalue weighted by molar-refractivity contribution is 0.0951. The van der Waals surface area contributed by atoms with E-state index in [0.717, 1.165) is 22.9 Å². The molecule has 3 aromatic rings. The second kappa shape index (κ2) is 9.32. The van der Waals surface area contributed by atoms with Gasteiger partial charge in [0.15, 0.2) is 0 Å². The highest BCUT2D eigenvalue weighted by Crippen LogP contribution is 2.24. The molecule has 1 N–H and O–H groups in total. The molecule has 0 fully saturated rings. The van der Waals surface area contributed by atoms with E-state index in [1.165, 1.54) is 4.31 Å². The smallest absolute Gasteiger partial charge is 0.251 e. The molecule has 0 saturated carbocycles. The van der Waals surface area contributed by atoms with Crippen LogP contribution in [0.3, 0.4) is 0 Å². The highest BCUT2D eigenvalue weighted by atomic mass is 35.5. The third kappa shape index (κ3) is 5.62. The van der Waals surface area contributed by atoms with Crippen molar-refractivity contribution >= 4 is 33.2 Å². The molecule has 0 aliphatic carbocycles. The van der Waals surface area contributed by atoms with Crippen LogP contribution < -0.4 is 9.62 Å². The van der Waals surface area contributed by atoms with Crippen LogP contribution in [0.1, 0.15) is 27.0 Å². The Kier molecular flexibility index (Phi) is 6.80. The number of hydrogen-bond donors (Lipinski definition) is 1. The Bertz CT molecular complexity index is 1150. The summed E-state index contributed by atoms with van der Waals surface area (Å²) in [7, 11) is -3.51. The van der Waals surface area contributed by atoms with E-state index in [-0.39, 0.29) is 12.5 Å². The summed E-state index contributed by atoms with van der Waals surface area (Å²) in [4.78, 5) is 12.4. The number of rotatable bonds is 7. The summed E-state index contributed by atoms with van der Waals surface area (Å²) in [5.41, 5.74) is 3.95. The predicted octanol–water partition coefficient (Wildman–Crippen LogP) is 4.54. The second-order valence-corrected chi connectivity index (χ2v) is 9.40. The van der Waals surface area contributed by atoms with E-state index in [2.05, 4.69) is 5.32 Å². The lowest BCUT2D eigenvalue weighted by atomic mass is 10.1. The van der Waals surface area contributed by atoms with Crippen molar-refractivity contribution < 1.29 is 13.2 Å². The maximum atomic E-state index is 12.4. The van der Waals surface area contributed by atoms with E-state index >= 15 is 0 Å². The first-order valence-electron chi connectivity index (χ1n) is 9.39. The minimum absolute atomic E-state index is 0.143. The Morgan fingerprint density at radius 3 is 2.33 bits per heavy atom. The average Bonchev–Trinajstić information content (AvgIpc) is 2.71. The third-order valence-corrected chi connectivity index (χ3v) is 6.12. The monoisotopic (exact) mass is 442 g/mol. The molecule has 0 unspecified atom stereocenters. The number of halogens is 1. The van der Waals surface area contributed by atoms with Crippen LogP contribution in [0.25, 0.3) is 0 Å². The van der Waals surface area contributed by atoms with Gasteiger partial charge >= 0.3 is 0 Å². The quantitative estimate of drug-likeness (QED) is 0.584. The molecule has 0 atom stereocenters. The summed E-state index contributed by atoms with van der Waals surface area (Å²) in [6.07, 6.45) is 1.15. The van der Waals surface area contributed by atoms with Gasteiger partial charge in [-0.2, -0.15) is 0 Å². The van der Waals surface area contributed by atoms with Crippen LogP contribution in [0.15, 0.2) is 72.8 Å². The van der Waals surface area contributed by atoms with Crippen molar-refractivity contribution in [3.8, 4) is 0 Å². The molecule has 30 heavy (non-hydrogen) atoms. The van der Waals surface area contributed by atoms with Crippen molar-refractivity contribution in [2.45, 2.75) is 20.0 Å². The van der Waals surface area contributed by atoms with Crippen LogP contribution in [0.2, 0.25) is 5.02 Å². The molecule has 0 radical (unpaired) electrons. The molecule has 156 valence electrons. The van der Waals surface area contributed by atoms with Gasteiger partial charge in [0.2, 0.25) is 10.0 Å². The van der Waals surface area contributed by atoms with Gasteiger partial charge in [-0.1, -0.05) is 54.1 Å². The van der Waals surface area contributed by atoms with Gasteiger partial charge in [0, 0.05) is 17.1 Å². The zero-order valence-corrected chi connectivity index (χ0v) is 18.4. The SMILES string of the molecule is Cc1ccccc1CNC(=O)c1ccc(CN(c2cccc(Cl)c2)S(C)(=O)=O)cc1. The maximum Gasteiger partial charge on any atom is 0.251 e. The van der Waals surface area contributed by atoms with Crippen LogP contribution in [0, 0.1) is 6.92 Å². The van der Waals surface area contributed by atoms with Crippen molar-refractivity contribution in [2.75, 3.05) is 10.6 Å². The van der Waals surface area contributed by atoms with E-state index in [0.29, 0.717) is 22.8 Å². The summed E-state index contributed by atoms with van der Waals surface area (Å²) in [6, 6.07) is 21.5. The lowest BCUT2D eigenvalue weighted by Crippen LogP contribution is -2.29. The van der Waals surface area contributed by atoms with E-state index in [9.17, 15) is 13.2 Å². The highest BCUT2D eigenvalue weighted by Gasteiger charge is 2.18. The van der Waals surface area contributed by atoms with Crippen molar-refractivity contribution in [3.63, 3.8) is 0 Å². The number of hydrogen-bond acceptors (Lipinski definition) is 3. The number of nitrogens with zero attached hydrogens (tertiary/aromatic N) is 1. The molecule has 3 aromatic carbocycles. The van der Waals surface area contributed by atoms with Crippen molar-refractivity contribution in [2.24, 2.45) is 0 Å². The van der Waals surface area contributed by atoms with E-state index in [1.807, 2.05) is 31.2 Å². The van der Waals surface area contributed by atoms with Gasteiger partial charge in [0.25, 0.3) is 5.91 Å². The molecule has 0 aromatic heterocycles. The third-order valence-electron chi connectivity index (χ3n) is 4.74.